The summed E-state index contributed by atoms with van der Waals surface area (Å²) in [7, 11) is 0. The van der Waals surface area contributed by atoms with Crippen LogP contribution >= 0.6 is 0 Å². The number of hydrogen-bond donors (Lipinski definition) is 2. The molecule has 0 amide bonds. The molecule has 4 N–H and O–H groups in total. The van der Waals surface area contributed by atoms with E-state index in [0.29, 0.717) is 6.54 Å². The van der Waals surface area contributed by atoms with Crippen molar-refractivity contribution in [2.45, 2.75) is 12.5 Å². The van der Waals surface area contributed by atoms with Crippen molar-refractivity contribution in [2.75, 3.05) is 6.54 Å². The van der Waals surface area contributed by atoms with Crippen LogP contribution in [0.4, 0.5) is 0 Å². The lowest BCUT2D eigenvalue weighted by molar-refractivity contribution is 0.665. The number of rotatable bonds is 3. The average molecular weight is 201 g/mol. The van der Waals surface area contributed by atoms with E-state index >= 15 is 0 Å². The SMILES string of the molecule is NCCC(N)c1ccnc2ccccc12. The van der Waals surface area contributed by atoms with E-state index in [0.717, 1.165) is 22.9 Å². The molecular weight excluding hydrogens is 186 g/mol. The highest BCUT2D eigenvalue weighted by Gasteiger charge is 2.08. The first kappa shape index (κ1) is 10.1. The summed E-state index contributed by atoms with van der Waals surface area (Å²) in [6, 6.07) is 10.0. The van der Waals surface area contributed by atoms with E-state index in [2.05, 4.69) is 4.98 Å². The van der Waals surface area contributed by atoms with Gasteiger partial charge < -0.3 is 11.5 Å². The fourth-order valence-electron chi connectivity index (χ4n) is 1.78. The minimum Gasteiger partial charge on any atom is -0.330 e. The van der Waals surface area contributed by atoms with Crippen molar-refractivity contribution in [3.63, 3.8) is 0 Å². The molecule has 3 nitrogen and oxygen atoms in total. The summed E-state index contributed by atoms with van der Waals surface area (Å²) in [4.78, 5) is 4.30. The highest BCUT2D eigenvalue weighted by Crippen LogP contribution is 2.22. The predicted octanol–water partition coefficient (Wildman–Crippen LogP) is 1.58. The smallest absolute Gasteiger partial charge is 0.0705 e. The summed E-state index contributed by atoms with van der Waals surface area (Å²) in [6.45, 7) is 0.609. The fourth-order valence-corrected chi connectivity index (χ4v) is 1.78. The summed E-state index contributed by atoms with van der Waals surface area (Å²) >= 11 is 0. The van der Waals surface area contributed by atoms with Crippen LogP contribution < -0.4 is 11.5 Å². The number of benzene rings is 1. The van der Waals surface area contributed by atoms with Gasteiger partial charge in [-0.3, -0.25) is 4.98 Å². The summed E-state index contributed by atoms with van der Waals surface area (Å²) in [5.74, 6) is 0. The minimum atomic E-state index is 0.00269. The van der Waals surface area contributed by atoms with Gasteiger partial charge in [0.25, 0.3) is 0 Å². The second-order valence-electron chi connectivity index (χ2n) is 3.60. The maximum atomic E-state index is 6.06. The molecule has 78 valence electrons. The van der Waals surface area contributed by atoms with Crippen LogP contribution in [-0.4, -0.2) is 11.5 Å². The standard InChI is InChI=1S/C12H15N3/c13-7-5-11(14)9-6-8-15-12-4-2-1-3-10(9)12/h1-4,6,8,11H,5,7,13-14H2. The third-order valence-corrected chi connectivity index (χ3v) is 2.56. The number of nitrogens with two attached hydrogens (primary N) is 2. The zero-order valence-electron chi connectivity index (χ0n) is 8.56. The first-order valence-corrected chi connectivity index (χ1v) is 5.12. The van der Waals surface area contributed by atoms with Gasteiger partial charge in [0, 0.05) is 17.6 Å². The van der Waals surface area contributed by atoms with E-state index in [1.165, 1.54) is 0 Å². The number of aromatic nitrogens is 1. The maximum Gasteiger partial charge on any atom is 0.0705 e. The van der Waals surface area contributed by atoms with Gasteiger partial charge in [0.1, 0.15) is 0 Å². The van der Waals surface area contributed by atoms with E-state index in [1.807, 2.05) is 30.3 Å². The number of nitrogens with zero attached hydrogens (tertiary/aromatic N) is 1. The molecule has 1 atom stereocenters. The number of pyridine rings is 1. The van der Waals surface area contributed by atoms with Crippen molar-refractivity contribution in [3.05, 3.63) is 42.1 Å². The Kier molecular flexibility index (Phi) is 2.94. The topological polar surface area (TPSA) is 64.9 Å². The van der Waals surface area contributed by atoms with Crippen LogP contribution in [0, 0.1) is 0 Å². The van der Waals surface area contributed by atoms with E-state index in [4.69, 9.17) is 11.5 Å². The summed E-state index contributed by atoms with van der Waals surface area (Å²) in [5, 5.41) is 1.13. The summed E-state index contributed by atoms with van der Waals surface area (Å²) < 4.78 is 0. The van der Waals surface area contributed by atoms with Crippen LogP contribution in [0.3, 0.4) is 0 Å². The van der Waals surface area contributed by atoms with Gasteiger partial charge in [0.15, 0.2) is 0 Å². The van der Waals surface area contributed by atoms with Gasteiger partial charge in [-0.1, -0.05) is 18.2 Å². The zero-order chi connectivity index (χ0) is 10.7. The van der Waals surface area contributed by atoms with Gasteiger partial charge in [0.2, 0.25) is 0 Å². The first-order chi connectivity index (χ1) is 7.33. The molecule has 2 aromatic rings. The molecule has 0 radical (unpaired) electrons. The van der Waals surface area contributed by atoms with E-state index < -0.39 is 0 Å². The van der Waals surface area contributed by atoms with Gasteiger partial charge >= 0.3 is 0 Å². The monoisotopic (exact) mass is 201 g/mol. The molecule has 1 aromatic heterocycles. The molecule has 0 saturated heterocycles. The number of hydrogen-bond acceptors (Lipinski definition) is 3. The molecule has 0 aliphatic carbocycles. The molecule has 0 aliphatic heterocycles. The van der Waals surface area contributed by atoms with Crippen molar-refractivity contribution < 1.29 is 0 Å². The Labute approximate surface area is 89.1 Å². The Hall–Kier alpha value is -1.45. The predicted molar refractivity (Wildman–Crippen MR) is 62.3 cm³/mol. The van der Waals surface area contributed by atoms with Gasteiger partial charge in [-0.25, -0.2) is 0 Å². The molecule has 0 fully saturated rings. The zero-order valence-corrected chi connectivity index (χ0v) is 8.56. The van der Waals surface area contributed by atoms with Crippen LogP contribution in [0.15, 0.2) is 36.5 Å². The van der Waals surface area contributed by atoms with Gasteiger partial charge in [-0.05, 0) is 30.7 Å². The number of para-hydroxylation sites is 1. The molecule has 0 aliphatic rings. The van der Waals surface area contributed by atoms with Gasteiger partial charge in [-0.2, -0.15) is 0 Å². The van der Waals surface area contributed by atoms with E-state index in [1.54, 1.807) is 6.20 Å². The highest BCUT2D eigenvalue weighted by molar-refractivity contribution is 5.82. The Balaban J connectivity index is 2.50. The molecule has 1 unspecified atom stereocenters. The lowest BCUT2D eigenvalue weighted by Crippen LogP contribution is -2.15. The van der Waals surface area contributed by atoms with E-state index in [9.17, 15) is 0 Å². The molecule has 2 rings (SSSR count). The third kappa shape index (κ3) is 1.98. The highest BCUT2D eigenvalue weighted by atomic mass is 14.7. The van der Waals surface area contributed by atoms with E-state index in [-0.39, 0.29) is 6.04 Å². The minimum absolute atomic E-state index is 0.00269. The Morgan fingerprint density at radius 2 is 2.00 bits per heavy atom. The van der Waals surface area contributed by atoms with Crippen molar-refractivity contribution >= 4 is 10.9 Å². The molecule has 1 heterocycles. The Bertz CT molecular complexity index is 448. The normalized spacial score (nSPS) is 12.9. The van der Waals surface area contributed by atoms with Crippen molar-refractivity contribution in [2.24, 2.45) is 11.5 Å². The molecule has 3 heteroatoms. The van der Waals surface area contributed by atoms with Gasteiger partial charge in [0.05, 0.1) is 5.52 Å². The lowest BCUT2D eigenvalue weighted by Gasteiger charge is -2.12. The van der Waals surface area contributed by atoms with Crippen LogP contribution in [0.25, 0.3) is 10.9 Å². The van der Waals surface area contributed by atoms with Crippen molar-refractivity contribution in [1.82, 2.24) is 4.98 Å². The second-order valence-corrected chi connectivity index (χ2v) is 3.60. The lowest BCUT2D eigenvalue weighted by atomic mass is 10.0. The van der Waals surface area contributed by atoms with Crippen molar-refractivity contribution in [1.29, 1.82) is 0 Å². The Morgan fingerprint density at radius 3 is 2.80 bits per heavy atom. The van der Waals surface area contributed by atoms with Crippen LogP contribution in [-0.2, 0) is 0 Å². The summed E-state index contributed by atoms with van der Waals surface area (Å²) in [5.41, 5.74) is 13.7. The van der Waals surface area contributed by atoms with Crippen LogP contribution in [0.2, 0.25) is 0 Å². The molecule has 1 aromatic carbocycles. The second kappa shape index (κ2) is 4.38. The molecule has 15 heavy (non-hydrogen) atoms. The quantitative estimate of drug-likeness (QED) is 0.792. The third-order valence-electron chi connectivity index (χ3n) is 2.56. The maximum absolute atomic E-state index is 6.06. The largest absolute Gasteiger partial charge is 0.330 e. The van der Waals surface area contributed by atoms with Crippen molar-refractivity contribution in [3.8, 4) is 0 Å². The fraction of sp³-hybridized carbons (Fsp3) is 0.250. The first-order valence-electron chi connectivity index (χ1n) is 5.12. The molecule has 0 saturated carbocycles. The van der Waals surface area contributed by atoms with Crippen LogP contribution in [0.5, 0.6) is 0 Å². The number of fused-ring (bicyclic) bond motifs is 1. The van der Waals surface area contributed by atoms with Gasteiger partial charge in [-0.15, -0.1) is 0 Å². The molecule has 0 spiro atoms. The summed E-state index contributed by atoms with van der Waals surface area (Å²) in [6.07, 6.45) is 2.60. The average Bonchev–Trinajstić information content (AvgIpc) is 2.28. The molecule has 0 bridgehead atoms. The molecular formula is C12H15N3. The Morgan fingerprint density at radius 1 is 1.20 bits per heavy atom. The van der Waals surface area contributed by atoms with Crippen LogP contribution in [0.1, 0.15) is 18.0 Å².